The topological polar surface area (TPSA) is 0 Å². The van der Waals surface area contributed by atoms with Crippen LogP contribution in [0.4, 0.5) is 13.2 Å². The number of aryl methyl sites for hydroxylation is 1. The molecule has 0 N–H and O–H groups in total. The Hall–Kier alpha value is -3.07. The number of allylic oxidation sites excluding steroid dienone is 3. The Balaban J connectivity index is 1.46. The minimum Gasteiger partial charge on any atom is -0.212 e. The van der Waals surface area contributed by atoms with Gasteiger partial charge in [0, 0.05) is 17.0 Å². The van der Waals surface area contributed by atoms with Crippen molar-refractivity contribution in [1.29, 1.82) is 0 Å². The molecule has 0 spiro atoms. The first-order valence-corrected chi connectivity index (χ1v) is 13.2. The van der Waals surface area contributed by atoms with Gasteiger partial charge in [-0.1, -0.05) is 106 Å². The van der Waals surface area contributed by atoms with Crippen LogP contribution < -0.4 is 0 Å². The summed E-state index contributed by atoms with van der Waals surface area (Å²) in [6, 6.07) is 18.3. The standard InChI is InChI=1S/C33H35F3/c1-3-5-7-28-19-14-25(22-31(28)34)9-8-24-12-17-27(18-13-24)30-21-20-29(32(35)33(30)36)26-15-10-23(6-4-2)11-16-26/h8-13,15-18,20-22,25,28H,3-7,14,19H2,1-2H3/b9-8+. The van der Waals surface area contributed by atoms with Crippen LogP contribution in [0.1, 0.15) is 63.5 Å². The van der Waals surface area contributed by atoms with Crippen molar-refractivity contribution in [2.75, 3.05) is 0 Å². The molecule has 1 aliphatic rings. The summed E-state index contributed by atoms with van der Waals surface area (Å²) in [6.07, 6.45) is 12.7. The quantitative estimate of drug-likeness (QED) is 0.281. The van der Waals surface area contributed by atoms with Gasteiger partial charge in [0.1, 0.15) is 0 Å². The zero-order valence-electron chi connectivity index (χ0n) is 21.2. The predicted molar refractivity (Wildman–Crippen MR) is 145 cm³/mol. The maximum absolute atomic E-state index is 15.0. The predicted octanol–water partition coefficient (Wildman–Crippen LogP) is 10.3. The van der Waals surface area contributed by atoms with E-state index in [1.54, 1.807) is 30.3 Å². The van der Waals surface area contributed by atoms with Gasteiger partial charge in [0.15, 0.2) is 11.6 Å². The summed E-state index contributed by atoms with van der Waals surface area (Å²) >= 11 is 0. The van der Waals surface area contributed by atoms with Gasteiger partial charge < -0.3 is 0 Å². The van der Waals surface area contributed by atoms with E-state index in [-0.39, 0.29) is 28.8 Å². The van der Waals surface area contributed by atoms with Gasteiger partial charge in [0.2, 0.25) is 0 Å². The molecule has 3 aromatic rings. The van der Waals surface area contributed by atoms with Crippen molar-refractivity contribution in [3.8, 4) is 22.3 Å². The monoisotopic (exact) mass is 488 g/mol. The summed E-state index contributed by atoms with van der Waals surface area (Å²) in [5.41, 5.74) is 3.94. The van der Waals surface area contributed by atoms with Gasteiger partial charge in [-0.05, 0) is 59.9 Å². The molecule has 0 radical (unpaired) electrons. The van der Waals surface area contributed by atoms with Crippen LogP contribution in [0.15, 0.2) is 78.6 Å². The normalized spacial score (nSPS) is 18.0. The van der Waals surface area contributed by atoms with E-state index < -0.39 is 11.6 Å². The highest BCUT2D eigenvalue weighted by atomic mass is 19.2. The summed E-state index contributed by atoms with van der Waals surface area (Å²) < 4.78 is 44.4. The Morgan fingerprint density at radius 2 is 1.36 bits per heavy atom. The maximum atomic E-state index is 15.0. The van der Waals surface area contributed by atoms with Gasteiger partial charge in [0.25, 0.3) is 0 Å². The van der Waals surface area contributed by atoms with Crippen molar-refractivity contribution in [3.05, 3.63) is 101 Å². The van der Waals surface area contributed by atoms with Crippen LogP contribution in [0.25, 0.3) is 28.3 Å². The molecular weight excluding hydrogens is 453 g/mol. The number of hydrogen-bond donors (Lipinski definition) is 0. The number of benzene rings is 3. The minimum atomic E-state index is -0.839. The Morgan fingerprint density at radius 3 is 1.92 bits per heavy atom. The smallest absolute Gasteiger partial charge is 0.167 e. The largest absolute Gasteiger partial charge is 0.212 e. The second-order valence-electron chi connectivity index (χ2n) is 9.85. The van der Waals surface area contributed by atoms with Crippen LogP contribution in [0.5, 0.6) is 0 Å². The fourth-order valence-electron chi connectivity index (χ4n) is 4.98. The molecule has 0 saturated carbocycles. The molecule has 0 saturated heterocycles. The minimum absolute atomic E-state index is 0.0255. The highest BCUT2D eigenvalue weighted by Crippen LogP contribution is 2.34. The SMILES string of the molecule is CCCCC1CCC(/C=C/c2ccc(-c3ccc(-c4ccc(CCC)cc4)c(F)c3F)cc2)C=C1F. The molecule has 4 rings (SSSR count). The summed E-state index contributed by atoms with van der Waals surface area (Å²) in [5, 5.41) is 0. The molecule has 2 atom stereocenters. The zero-order chi connectivity index (χ0) is 25.5. The third-order valence-corrected chi connectivity index (χ3v) is 7.16. The van der Waals surface area contributed by atoms with Crippen LogP contribution >= 0.6 is 0 Å². The van der Waals surface area contributed by atoms with Crippen LogP contribution in [0, 0.1) is 23.5 Å². The van der Waals surface area contributed by atoms with Gasteiger partial charge in [-0.2, -0.15) is 0 Å². The van der Waals surface area contributed by atoms with Crippen LogP contribution in [-0.2, 0) is 6.42 Å². The molecule has 3 aromatic carbocycles. The van der Waals surface area contributed by atoms with Gasteiger partial charge in [-0.3, -0.25) is 0 Å². The third-order valence-electron chi connectivity index (χ3n) is 7.16. The molecular formula is C33H35F3. The average Bonchev–Trinajstić information content (AvgIpc) is 2.90. The Bertz CT molecular complexity index is 1200. The van der Waals surface area contributed by atoms with E-state index in [2.05, 4.69) is 13.8 Å². The summed E-state index contributed by atoms with van der Waals surface area (Å²) in [7, 11) is 0. The second kappa shape index (κ2) is 12.3. The second-order valence-corrected chi connectivity index (χ2v) is 9.85. The molecule has 0 amide bonds. The number of rotatable bonds is 9. The van der Waals surface area contributed by atoms with E-state index in [4.69, 9.17) is 0 Å². The van der Waals surface area contributed by atoms with Gasteiger partial charge in [-0.25, -0.2) is 13.2 Å². The summed E-state index contributed by atoms with van der Waals surface area (Å²) in [6.45, 7) is 4.25. The summed E-state index contributed by atoms with van der Waals surface area (Å²) in [5.74, 6) is -1.47. The number of hydrogen-bond acceptors (Lipinski definition) is 0. The molecule has 3 heteroatoms. The zero-order valence-corrected chi connectivity index (χ0v) is 21.2. The van der Waals surface area contributed by atoms with Crippen molar-refractivity contribution < 1.29 is 13.2 Å². The molecule has 188 valence electrons. The van der Waals surface area contributed by atoms with E-state index >= 15 is 4.39 Å². The van der Waals surface area contributed by atoms with E-state index in [9.17, 15) is 8.78 Å². The molecule has 0 aliphatic heterocycles. The van der Waals surface area contributed by atoms with Crippen LogP contribution in [0.2, 0.25) is 0 Å². The molecule has 0 bridgehead atoms. The van der Waals surface area contributed by atoms with Crippen molar-refractivity contribution >= 4 is 6.08 Å². The maximum Gasteiger partial charge on any atom is 0.167 e. The first-order chi connectivity index (χ1) is 17.5. The van der Waals surface area contributed by atoms with E-state index in [0.717, 1.165) is 50.5 Å². The lowest BCUT2D eigenvalue weighted by atomic mass is 9.84. The molecule has 1 aliphatic carbocycles. The molecule has 0 fully saturated rings. The average molecular weight is 489 g/mol. The molecule has 2 unspecified atom stereocenters. The van der Waals surface area contributed by atoms with Crippen LogP contribution in [-0.4, -0.2) is 0 Å². The van der Waals surface area contributed by atoms with E-state index in [0.29, 0.717) is 11.1 Å². The van der Waals surface area contributed by atoms with Crippen molar-refractivity contribution in [3.63, 3.8) is 0 Å². The fourth-order valence-corrected chi connectivity index (χ4v) is 4.98. The lowest BCUT2D eigenvalue weighted by Crippen LogP contribution is -2.11. The van der Waals surface area contributed by atoms with Crippen molar-refractivity contribution in [2.24, 2.45) is 11.8 Å². The Labute approximate surface area is 213 Å². The first kappa shape index (κ1) is 26.0. The summed E-state index contributed by atoms with van der Waals surface area (Å²) in [4.78, 5) is 0. The molecule has 0 aromatic heterocycles. The number of halogens is 3. The lowest BCUT2D eigenvalue weighted by molar-refractivity contribution is 0.359. The fraction of sp³-hybridized carbons (Fsp3) is 0.333. The first-order valence-electron chi connectivity index (χ1n) is 13.2. The Morgan fingerprint density at radius 1 is 0.750 bits per heavy atom. The van der Waals surface area contributed by atoms with E-state index in [1.807, 2.05) is 48.6 Å². The van der Waals surface area contributed by atoms with Crippen molar-refractivity contribution in [1.82, 2.24) is 0 Å². The van der Waals surface area contributed by atoms with Gasteiger partial charge in [-0.15, -0.1) is 0 Å². The number of unbranched alkanes of at least 4 members (excludes halogenated alkanes) is 1. The van der Waals surface area contributed by atoms with Crippen molar-refractivity contribution in [2.45, 2.75) is 58.8 Å². The highest BCUT2D eigenvalue weighted by molar-refractivity contribution is 5.72. The van der Waals surface area contributed by atoms with Crippen LogP contribution in [0.3, 0.4) is 0 Å². The lowest BCUT2D eigenvalue weighted by Gasteiger charge is -2.22. The van der Waals surface area contributed by atoms with Gasteiger partial charge >= 0.3 is 0 Å². The molecule has 0 nitrogen and oxygen atoms in total. The van der Waals surface area contributed by atoms with Gasteiger partial charge in [0.05, 0.1) is 5.83 Å². The molecule has 0 heterocycles. The highest BCUT2D eigenvalue weighted by Gasteiger charge is 2.21. The van der Waals surface area contributed by atoms with E-state index in [1.165, 1.54) is 5.56 Å². The third kappa shape index (κ3) is 6.19. The molecule has 36 heavy (non-hydrogen) atoms. The Kier molecular flexibility index (Phi) is 8.85.